The number of aryl methyl sites for hydroxylation is 2. The highest BCUT2D eigenvalue weighted by Crippen LogP contribution is 2.24. The molecule has 3 rings (SSSR count). The second-order valence-electron chi connectivity index (χ2n) is 6.87. The number of rotatable bonds is 8. The number of carbonyl (C=O) groups excluding carboxylic acids is 2. The van der Waals surface area contributed by atoms with Gasteiger partial charge in [0.25, 0.3) is 0 Å². The lowest BCUT2D eigenvalue weighted by Crippen LogP contribution is -2.15. The summed E-state index contributed by atoms with van der Waals surface area (Å²) in [7, 11) is 0. The molecule has 0 fully saturated rings. The highest BCUT2D eigenvalue weighted by molar-refractivity contribution is 6.00. The molecule has 0 saturated carbocycles. The maximum Gasteiger partial charge on any atom is 0.224 e. The molecule has 1 heterocycles. The second kappa shape index (κ2) is 9.73. The Labute approximate surface area is 174 Å². The SMILES string of the molecule is CCc1ccc(Nc2cc(C)ncn2)cc1NC(=O)CCC(=O)c1ccc(F)cc1. The van der Waals surface area contributed by atoms with Crippen LogP contribution in [0.15, 0.2) is 54.9 Å². The van der Waals surface area contributed by atoms with Crippen molar-refractivity contribution in [2.45, 2.75) is 33.1 Å². The van der Waals surface area contributed by atoms with Gasteiger partial charge in [-0.2, -0.15) is 0 Å². The zero-order chi connectivity index (χ0) is 21.5. The van der Waals surface area contributed by atoms with Gasteiger partial charge in [0.05, 0.1) is 0 Å². The van der Waals surface area contributed by atoms with Gasteiger partial charge in [0.2, 0.25) is 5.91 Å². The lowest BCUT2D eigenvalue weighted by Gasteiger charge is -2.13. The summed E-state index contributed by atoms with van der Waals surface area (Å²) in [6.45, 7) is 3.88. The molecule has 30 heavy (non-hydrogen) atoms. The Kier molecular flexibility index (Phi) is 6.85. The maximum atomic E-state index is 13.0. The number of Topliss-reactive ketones (excluding diaryl/α,β-unsaturated/α-hetero) is 1. The van der Waals surface area contributed by atoms with E-state index in [0.29, 0.717) is 17.1 Å². The van der Waals surface area contributed by atoms with E-state index in [1.807, 2.05) is 38.1 Å². The molecular weight excluding hydrogens is 383 g/mol. The minimum atomic E-state index is -0.401. The molecule has 0 saturated heterocycles. The number of hydrogen-bond donors (Lipinski definition) is 2. The molecule has 0 bridgehead atoms. The summed E-state index contributed by atoms with van der Waals surface area (Å²) in [6.07, 6.45) is 2.33. The number of nitrogens with one attached hydrogen (secondary N) is 2. The summed E-state index contributed by atoms with van der Waals surface area (Å²) in [5, 5.41) is 6.09. The Morgan fingerprint density at radius 3 is 2.47 bits per heavy atom. The van der Waals surface area contributed by atoms with Crippen LogP contribution >= 0.6 is 0 Å². The zero-order valence-electron chi connectivity index (χ0n) is 16.9. The number of amides is 1. The average molecular weight is 406 g/mol. The van der Waals surface area contributed by atoms with Gasteiger partial charge in [-0.3, -0.25) is 9.59 Å². The van der Waals surface area contributed by atoms with Crippen LogP contribution in [0.4, 0.5) is 21.6 Å². The monoisotopic (exact) mass is 406 g/mol. The maximum absolute atomic E-state index is 13.0. The van der Waals surface area contributed by atoms with E-state index in [2.05, 4.69) is 20.6 Å². The van der Waals surface area contributed by atoms with Gasteiger partial charge in [-0.15, -0.1) is 0 Å². The van der Waals surface area contributed by atoms with Gasteiger partial charge in [0.15, 0.2) is 5.78 Å². The average Bonchev–Trinajstić information content (AvgIpc) is 2.73. The number of nitrogens with zero attached hydrogens (tertiary/aromatic N) is 2. The van der Waals surface area contributed by atoms with Gasteiger partial charge >= 0.3 is 0 Å². The van der Waals surface area contributed by atoms with Crippen LogP contribution in [0, 0.1) is 12.7 Å². The van der Waals surface area contributed by atoms with Gasteiger partial charge in [0.1, 0.15) is 18.0 Å². The minimum Gasteiger partial charge on any atom is -0.340 e. The molecule has 0 aliphatic rings. The fourth-order valence-electron chi connectivity index (χ4n) is 2.97. The van der Waals surface area contributed by atoms with Crippen molar-refractivity contribution in [2.75, 3.05) is 10.6 Å². The summed E-state index contributed by atoms with van der Waals surface area (Å²) in [6, 6.07) is 12.9. The Hall–Kier alpha value is -3.61. The molecule has 1 aromatic heterocycles. The van der Waals surface area contributed by atoms with Crippen molar-refractivity contribution in [1.29, 1.82) is 0 Å². The molecule has 6 nitrogen and oxygen atoms in total. The second-order valence-corrected chi connectivity index (χ2v) is 6.87. The van der Waals surface area contributed by atoms with Crippen LogP contribution in [0.2, 0.25) is 0 Å². The predicted octanol–water partition coefficient (Wildman–Crippen LogP) is 4.83. The first-order chi connectivity index (χ1) is 14.4. The third-order valence-corrected chi connectivity index (χ3v) is 4.59. The predicted molar refractivity (Wildman–Crippen MR) is 114 cm³/mol. The van der Waals surface area contributed by atoms with Crippen molar-refractivity contribution in [3.05, 3.63) is 77.5 Å². The fraction of sp³-hybridized carbons (Fsp3) is 0.217. The van der Waals surface area contributed by atoms with Crippen LogP contribution in [0.1, 0.15) is 41.4 Å². The standard InChI is InChI=1S/C23H23FN4O2/c1-3-16-6-9-19(27-22-12-15(2)25-14-26-22)13-20(16)28-23(30)11-10-21(29)17-4-7-18(24)8-5-17/h4-9,12-14H,3,10-11H2,1-2H3,(H,28,30)(H,25,26,27). The molecule has 0 atom stereocenters. The largest absolute Gasteiger partial charge is 0.340 e. The molecular formula is C23H23FN4O2. The van der Waals surface area contributed by atoms with Crippen molar-refractivity contribution in [1.82, 2.24) is 9.97 Å². The minimum absolute atomic E-state index is 0.0438. The first-order valence-corrected chi connectivity index (χ1v) is 9.72. The van der Waals surface area contributed by atoms with Crippen LogP contribution in [0.3, 0.4) is 0 Å². The van der Waals surface area contributed by atoms with E-state index in [0.717, 1.165) is 23.4 Å². The highest BCUT2D eigenvalue weighted by Gasteiger charge is 2.12. The van der Waals surface area contributed by atoms with Crippen LogP contribution in [0.25, 0.3) is 0 Å². The Morgan fingerprint density at radius 1 is 1.00 bits per heavy atom. The van der Waals surface area contributed by atoms with E-state index in [1.165, 1.54) is 30.6 Å². The molecule has 0 aliphatic heterocycles. The lowest BCUT2D eigenvalue weighted by atomic mass is 10.1. The molecule has 1 amide bonds. The van der Waals surface area contributed by atoms with Gasteiger partial charge < -0.3 is 10.6 Å². The Bertz CT molecular complexity index is 1050. The number of hydrogen-bond acceptors (Lipinski definition) is 5. The molecule has 7 heteroatoms. The quantitative estimate of drug-likeness (QED) is 0.524. The molecule has 2 aromatic carbocycles. The summed E-state index contributed by atoms with van der Waals surface area (Å²) in [4.78, 5) is 32.9. The highest BCUT2D eigenvalue weighted by atomic mass is 19.1. The zero-order valence-corrected chi connectivity index (χ0v) is 16.9. The number of halogens is 1. The van der Waals surface area contributed by atoms with Gasteiger partial charge in [0, 0.05) is 41.5 Å². The van der Waals surface area contributed by atoms with E-state index in [1.54, 1.807) is 0 Å². The van der Waals surface area contributed by atoms with Crippen molar-refractivity contribution >= 4 is 28.9 Å². The van der Waals surface area contributed by atoms with E-state index in [-0.39, 0.29) is 24.5 Å². The first-order valence-electron chi connectivity index (χ1n) is 9.72. The van der Waals surface area contributed by atoms with E-state index < -0.39 is 5.82 Å². The van der Waals surface area contributed by atoms with E-state index in [4.69, 9.17) is 0 Å². The third-order valence-electron chi connectivity index (χ3n) is 4.59. The van der Waals surface area contributed by atoms with Crippen LogP contribution in [0.5, 0.6) is 0 Å². The number of aromatic nitrogens is 2. The Morgan fingerprint density at radius 2 is 1.77 bits per heavy atom. The van der Waals surface area contributed by atoms with Crippen molar-refractivity contribution in [3.8, 4) is 0 Å². The smallest absolute Gasteiger partial charge is 0.224 e. The van der Waals surface area contributed by atoms with Crippen molar-refractivity contribution < 1.29 is 14.0 Å². The molecule has 0 radical (unpaired) electrons. The number of ketones is 1. The number of anilines is 3. The summed E-state index contributed by atoms with van der Waals surface area (Å²) < 4.78 is 13.0. The molecule has 2 N–H and O–H groups in total. The normalized spacial score (nSPS) is 10.5. The topological polar surface area (TPSA) is 84.0 Å². The molecule has 0 unspecified atom stereocenters. The van der Waals surface area contributed by atoms with E-state index in [9.17, 15) is 14.0 Å². The summed E-state index contributed by atoms with van der Waals surface area (Å²) >= 11 is 0. The van der Waals surface area contributed by atoms with E-state index >= 15 is 0 Å². The molecule has 0 aliphatic carbocycles. The summed E-state index contributed by atoms with van der Waals surface area (Å²) in [5.41, 5.74) is 3.69. The van der Waals surface area contributed by atoms with Crippen LogP contribution < -0.4 is 10.6 Å². The number of carbonyl (C=O) groups is 2. The Balaban J connectivity index is 1.64. The van der Waals surface area contributed by atoms with Crippen molar-refractivity contribution in [2.24, 2.45) is 0 Å². The molecule has 154 valence electrons. The molecule has 3 aromatic rings. The van der Waals surface area contributed by atoms with Gasteiger partial charge in [-0.25, -0.2) is 14.4 Å². The summed E-state index contributed by atoms with van der Waals surface area (Å²) in [5.74, 6) is -0.193. The molecule has 0 spiro atoms. The first kappa shape index (κ1) is 21.1. The number of benzene rings is 2. The van der Waals surface area contributed by atoms with Gasteiger partial charge in [-0.05, 0) is 55.3 Å². The fourth-order valence-corrected chi connectivity index (χ4v) is 2.97. The third kappa shape index (κ3) is 5.70. The van der Waals surface area contributed by atoms with Crippen LogP contribution in [-0.2, 0) is 11.2 Å². The lowest BCUT2D eigenvalue weighted by molar-refractivity contribution is -0.116. The van der Waals surface area contributed by atoms with Crippen molar-refractivity contribution in [3.63, 3.8) is 0 Å². The van der Waals surface area contributed by atoms with Gasteiger partial charge in [-0.1, -0.05) is 13.0 Å². The van der Waals surface area contributed by atoms with Crippen LogP contribution in [-0.4, -0.2) is 21.7 Å².